The molecule has 3 aromatic rings. The van der Waals surface area contributed by atoms with E-state index in [1.807, 2.05) is 24.3 Å². The molecule has 1 aromatic carbocycles. The monoisotopic (exact) mass is 431 g/mol. The number of sulfonamides is 1. The SMILES string of the molecule is Cc1noc(C)c1S(=O)(=O)N1CCCN(C(=O)CCc2nc3ccccc3[nH]2)CC1. The summed E-state index contributed by atoms with van der Waals surface area (Å²) in [6.07, 6.45) is 1.43. The number of aryl methyl sites for hydroxylation is 3. The number of rotatable bonds is 5. The Balaban J connectivity index is 1.38. The Hall–Kier alpha value is -2.72. The predicted molar refractivity (Wildman–Crippen MR) is 110 cm³/mol. The van der Waals surface area contributed by atoms with Crippen molar-refractivity contribution in [1.82, 2.24) is 24.3 Å². The first-order valence-corrected chi connectivity index (χ1v) is 11.4. The van der Waals surface area contributed by atoms with Gasteiger partial charge in [-0.05, 0) is 32.4 Å². The van der Waals surface area contributed by atoms with Crippen molar-refractivity contribution in [3.8, 4) is 0 Å². The third kappa shape index (κ3) is 3.97. The number of nitrogens with one attached hydrogen (secondary N) is 1. The maximum Gasteiger partial charge on any atom is 0.248 e. The summed E-state index contributed by atoms with van der Waals surface area (Å²) in [5, 5.41) is 3.76. The van der Waals surface area contributed by atoms with Crippen molar-refractivity contribution >= 4 is 27.0 Å². The van der Waals surface area contributed by atoms with Gasteiger partial charge in [0, 0.05) is 39.0 Å². The van der Waals surface area contributed by atoms with Crippen molar-refractivity contribution in [2.75, 3.05) is 26.2 Å². The molecule has 0 radical (unpaired) electrons. The lowest BCUT2D eigenvalue weighted by Gasteiger charge is -2.21. The molecule has 0 aliphatic carbocycles. The van der Waals surface area contributed by atoms with Crippen LogP contribution in [0.2, 0.25) is 0 Å². The Kier molecular flexibility index (Phi) is 5.61. The van der Waals surface area contributed by atoms with Crippen LogP contribution in [0.15, 0.2) is 33.7 Å². The minimum absolute atomic E-state index is 0.00652. The van der Waals surface area contributed by atoms with Gasteiger partial charge in [-0.3, -0.25) is 4.79 Å². The lowest BCUT2D eigenvalue weighted by molar-refractivity contribution is -0.131. The molecule has 0 saturated carbocycles. The van der Waals surface area contributed by atoms with Gasteiger partial charge in [-0.25, -0.2) is 13.4 Å². The number of H-pyrrole nitrogens is 1. The van der Waals surface area contributed by atoms with Gasteiger partial charge >= 0.3 is 0 Å². The van der Waals surface area contributed by atoms with Crippen LogP contribution in [0.25, 0.3) is 11.0 Å². The van der Waals surface area contributed by atoms with Crippen LogP contribution in [-0.4, -0.2) is 64.8 Å². The molecule has 0 bridgehead atoms. The molecular formula is C20H25N5O4S. The van der Waals surface area contributed by atoms with E-state index in [0.29, 0.717) is 44.6 Å². The third-order valence-corrected chi connectivity index (χ3v) is 7.53. The van der Waals surface area contributed by atoms with Gasteiger partial charge in [0.25, 0.3) is 0 Å². The Morgan fingerprint density at radius 1 is 1.17 bits per heavy atom. The Labute approximate surface area is 175 Å². The average Bonchev–Trinajstić information content (AvgIpc) is 3.18. The summed E-state index contributed by atoms with van der Waals surface area (Å²) < 4.78 is 32.5. The second kappa shape index (κ2) is 8.19. The van der Waals surface area contributed by atoms with Crippen LogP contribution in [0.5, 0.6) is 0 Å². The van der Waals surface area contributed by atoms with E-state index in [1.54, 1.807) is 18.7 Å². The number of aromatic amines is 1. The first-order chi connectivity index (χ1) is 14.4. The average molecular weight is 432 g/mol. The Morgan fingerprint density at radius 2 is 1.97 bits per heavy atom. The first kappa shape index (κ1) is 20.5. The second-order valence-corrected chi connectivity index (χ2v) is 9.37. The van der Waals surface area contributed by atoms with Gasteiger partial charge in [0.2, 0.25) is 15.9 Å². The molecule has 1 fully saturated rings. The quantitative estimate of drug-likeness (QED) is 0.661. The first-order valence-electron chi connectivity index (χ1n) is 10.0. The molecule has 4 rings (SSSR count). The Morgan fingerprint density at radius 3 is 2.70 bits per heavy atom. The number of hydrogen-bond acceptors (Lipinski definition) is 6. The molecule has 1 N–H and O–H groups in total. The number of carbonyl (C=O) groups is 1. The van der Waals surface area contributed by atoms with Crippen LogP contribution in [0, 0.1) is 13.8 Å². The van der Waals surface area contributed by atoms with Crippen LogP contribution in [0.4, 0.5) is 0 Å². The zero-order chi connectivity index (χ0) is 21.3. The van der Waals surface area contributed by atoms with Crippen LogP contribution in [0.3, 0.4) is 0 Å². The van der Waals surface area contributed by atoms with Crippen molar-refractivity contribution in [2.45, 2.75) is 38.0 Å². The van der Waals surface area contributed by atoms with Crippen molar-refractivity contribution in [3.05, 3.63) is 41.5 Å². The third-order valence-electron chi connectivity index (χ3n) is 5.39. The highest BCUT2D eigenvalue weighted by Gasteiger charge is 2.32. The van der Waals surface area contributed by atoms with E-state index < -0.39 is 10.0 Å². The topological polar surface area (TPSA) is 112 Å². The summed E-state index contributed by atoms with van der Waals surface area (Å²) in [6.45, 7) is 4.73. The molecule has 1 amide bonds. The molecule has 3 heterocycles. The normalized spacial score (nSPS) is 16.1. The lowest BCUT2D eigenvalue weighted by Crippen LogP contribution is -2.37. The zero-order valence-corrected chi connectivity index (χ0v) is 17.9. The van der Waals surface area contributed by atoms with Crippen molar-refractivity contribution in [3.63, 3.8) is 0 Å². The van der Waals surface area contributed by atoms with E-state index in [4.69, 9.17) is 4.52 Å². The van der Waals surface area contributed by atoms with Crippen molar-refractivity contribution < 1.29 is 17.7 Å². The largest absolute Gasteiger partial charge is 0.360 e. The van der Waals surface area contributed by atoms with Crippen LogP contribution in [-0.2, 0) is 21.2 Å². The van der Waals surface area contributed by atoms with Crippen LogP contribution in [0.1, 0.15) is 30.1 Å². The summed E-state index contributed by atoms with van der Waals surface area (Å²) in [4.78, 5) is 22.3. The summed E-state index contributed by atoms with van der Waals surface area (Å²) in [5.74, 6) is 1.07. The number of amides is 1. The molecule has 1 aliphatic rings. The highest BCUT2D eigenvalue weighted by atomic mass is 32.2. The number of imidazole rings is 1. The number of benzene rings is 1. The van der Waals surface area contributed by atoms with E-state index in [1.165, 1.54) is 4.31 Å². The smallest absolute Gasteiger partial charge is 0.248 e. The van der Waals surface area contributed by atoms with E-state index in [-0.39, 0.29) is 23.1 Å². The van der Waals surface area contributed by atoms with Crippen LogP contribution < -0.4 is 0 Å². The minimum Gasteiger partial charge on any atom is -0.360 e. The van der Waals surface area contributed by atoms with Gasteiger partial charge < -0.3 is 14.4 Å². The number of hydrogen-bond donors (Lipinski definition) is 1. The number of para-hydroxylation sites is 2. The molecule has 0 spiro atoms. The molecule has 9 nitrogen and oxygen atoms in total. The van der Waals surface area contributed by atoms with E-state index >= 15 is 0 Å². The van der Waals surface area contributed by atoms with E-state index in [0.717, 1.165) is 16.9 Å². The molecule has 1 aliphatic heterocycles. The van der Waals surface area contributed by atoms with Gasteiger partial charge in [0.15, 0.2) is 5.76 Å². The fourth-order valence-corrected chi connectivity index (χ4v) is 5.62. The summed E-state index contributed by atoms with van der Waals surface area (Å²) in [5.41, 5.74) is 2.19. The molecule has 10 heteroatoms. The molecule has 2 aromatic heterocycles. The number of aromatic nitrogens is 3. The molecule has 30 heavy (non-hydrogen) atoms. The molecule has 160 valence electrons. The highest BCUT2D eigenvalue weighted by molar-refractivity contribution is 7.89. The highest BCUT2D eigenvalue weighted by Crippen LogP contribution is 2.24. The standard InChI is InChI=1S/C20H25N5O4S/c1-14-20(15(2)29-23-14)30(27,28)25-11-5-10-24(12-13-25)19(26)9-8-18-21-16-6-3-4-7-17(16)22-18/h3-4,6-7H,5,8-13H2,1-2H3,(H,21,22). The van der Waals surface area contributed by atoms with Gasteiger partial charge in [-0.2, -0.15) is 4.31 Å². The zero-order valence-electron chi connectivity index (χ0n) is 17.1. The van der Waals surface area contributed by atoms with Gasteiger partial charge in [0.05, 0.1) is 11.0 Å². The number of fused-ring (bicyclic) bond motifs is 1. The van der Waals surface area contributed by atoms with Crippen molar-refractivity contribution in [1.29, 1.82) is 0 Å². The predicted octanol–water partition coefficient (Wildman–Crippen LogP) is 2.02. The molecule has 0 atom stereocenters. The maximum absolute atomic E-state index is 13.0. The van der Waals surface area contributed by atoms with E-state index in [9.17, 15) is 13.2 Å². The fourth-order valence-electron chi connectivity index (χ4n) is 3.86. The van der Waals surface area contributed by atoms with Gasteiger partial charge in [-0.1, -0.05) is 17.3 Å². The second-order valence-electron chi connectivity index (χ2n) is 7.49. The summed E-state index contributed by atoms with van der Waals surface area (Å²) >= 11 is 0. The Bertz CT molecular complexity index is 1110. The maximum atomic E-state index is 13.0. The summed E-state index contributed by atoms with van der Waals surface area (Å²) in [7, 11) is -3.70. The number of nitrogens with zero attached hydrogens (tertiary/aromatic N) is 4. The van der Waals surface area contributed by atoms with E-state index in [2.05, 4.69) is 15.1 Å². The molecule has 0 unspecified atom stereocenters. The molecular weight excluding hydrogens is 406 g/mol. The lowest BCUT2D eigenvalue weighted by atomic mass is 10.2. The number of carbonyl (C=O) groups excluding carboxylic acids is 1. The molecule has 1 saturated heterocycles. The fraction of sp³-hybridized carbons (Fsp3) is 0.450. The minimum atomic E-state index is -3.70. The van der Waals surface area contributed by atoms with Crippen molar-refractivity contribution in [2.24, 2.45) is 0 Å². The van der Waals surface area contributed by atoms with Gasteiger partial charge in [0.1, 0.15) is 16.4 Å². The van der Waals surface area contributed by atoms with Gasteiger partial charge in [-0.15, -0.1) is 0 Å². The summed E-state index contributed by atoms with van der Waals surface area (Å²) in [6, 6.07) is 7.75. The van der Waals surface area contributed by atoms with Crippen LogP contribution >= 0.6 is 0 Å².